The maximum absolute atomic E-state index is 5.72. The third-order valence-corrected chi connectivity index (χ3v) is 4.77. The monoisotopic (exact) mass is 376 g/mol. The molecule has 0 heterocycles. The molecule has 0 aromatic carbocycles. The van der Waals surface area contributed by atoms with Crippen molar-refractivity contribution in [2.75, 3.05) is 5.88 Å². The second-order valence-corrected chi connectivity index (χ2v) is 8.10. The van der Waals surface area contributed by atoms with Crippen molar-refractivity contribution in [2.24, 2.45) is 0 Å². The Balaban J connectivity index is 4.03. The Morgan fingerprint density at radius 2 is 0.808 bits per heavy atom. The summed E-state index contributed by atoms with van der Waals surface area (Å²) in [5.74, 6) is 0.628. The third-order valence-electron chi connectivity index (χ3n) is 4.61. The zero-order valence-corrected chi connectivity index (χ0v) is 18.9. The van der Waals surface area contributed by atoms with E-state index in [0.29, 0.717) is 5.88 Å². The lowest BCUT2D eigenvalue weighted by Gasteiger charge is -2.03. The van der Waals surface area contributed by atoms with Gasteiger partial charge in [0.1, 0.15) is 0 Å². The molecule has 0 aliphatic carbocycles. The second kappa shape index (κ2) is 16.2. The molecule has 1 heteroatoms. The quantitative estimate of drug-likeness (QED) is 0.222. The van der Waals surface area contributed by atoms with Crippen molar-refractivity contribution in [3.8, 4) is 0 Å². The van der Waals surface area contributed by atoms with Gasteiger partial charge in [0.25, 0.3) is 0 Å². The molecule has 0 atom stereocenters. The van der Waals surface area contributed by atoms with E-state index in [0.717, 1.165) is 19.3 Å². The van der Waals surface area contributed by atoms with Gasteiger partial charge in [0.15, 0.2) is 0 Å². The summed E-state index contributed by atoms with van der Waals surface area (Å²) in [7, 11) is 0. The van der Waals surface area contributed by atoms with Crippen LogP contribution in [0.25, 0.3) is 0 Å². The molecular weight excluding hydrogens is 336 g/mol. The summed E-state index contributed by atoms with van der Waals surface area (Å²) in [6.45, 7) is 13.3. The summed E-state index contributed by atoms with van der Waals surface area (Å²) < 4.78 is 0. The summed E-state index contributed by atoms with van der Waals surface area (Å²) >= 11 is 5.72. The normalized spacial score (nSPS) is 14.0. The number of halogens is 1. The molecular formula is C25H41Cl. The van der Waals surface area contributed by atoms with E-state index in [1.54, 1.807) is 0 Å². The zero-order valence-electron chi connectivity index (χ0n) is 18.1. The van der Waals surface area contributed by atoms with Crippen LogP contribution in [0, 0.1) is 0 Å². The molecule has 0 bridgehead atoms. The first-order valence-corrected chi connectivity index (χ1v) is 10.7. The number of allylic oxidation sites excluding steroid dienone is 10. The average molecular weight is 377 g/mol. The standard InChI is InChI=1S/C25H41Cl/c1-21(2)11-7-12-22(3)13-8-14-23(4)15-9-16-24(5)17-10-18-25(6)19-20-26/h11,13,15,17,19H,7-10,12,14,16,18,20H2,1-6H3. The maximum atomic E-state index is 5.72. The lowest BCUT2D eigenvalue weighted by atomic mass is 10.0. The van der Waals surface area contributed by atoms with E-state index in [1.807, 2.05) is 0 Å². The lowest BCUT2D eigenvalue weighted by molar-refractivity contribution is 0.891. The summed E-state index contributed by atoms with van der Waals surface area (Å²) in [6.07, 6.45) is 21.0. The van der Waals surface area contributed by atoms with Gasteiger partial charge in [-0.1, -0.05) is 58.2 Å². The van der Waals surface area contributed by atoms with E-state index in [4.69, 9.17) is 11.6 Å². The van der Waals surface area contributed by atoms with Crippen molar-refractivity contribution in [1.29, 1.82) is 0 Å². The Morgan fingerprint density at radius 1 is 0.500 bits per heavy atom. The number of rotatable bonds is 13. The van der Waals surface area contributed by atoms with Gasteiger partial charge in [-0.15, -0.1) is 11.6 Å². The van der Waals surface area contributed by atoms with Crippen LogP contribution in [-0.2, 0) is 0 Å². The number of hydrogen-bond acceptors (Lipinski definition) is 0. The highest BCUT2D eigenvalue weighted by molar-refractivity contribution is 6.18. The van der Waals surface area contributed by atoms with Gasteiger partial charge in [-0.25, -0.2) is 0 Å². The minimum Gasteiger partial charge on any atom is -0.122 e. The fourth-order valence-electron chi connectivity index (χ4n) is 2.77. The van der Waals surface area contributed by atoms with E-state index in [1.165, 1.54) is 60.0 Å². The van der Waals surface area contributed by atoms with Crippen LogP contribution in [0.5, 0.6) is 0 Å². The minimum absolute atomic E-state index is 0.628. The van der Waals surface area contributed by atoms with E-state index < -0.39 is 0 Å². The Hall–Kier alpha value is -1.01. The molecule has 0 aliphatic heterocycles. The van der Waals surface area contributed by atoms with E-state index >= 15 is 0 Å². The van der Waals surface area contributed by atoms with Crippen molar-refractivity contribution in [3.05, 3.63) is 58.2 Å². The van der Waals surface area contributed by atoms with Gasteiger partial charge in [-0.3, -0.25) is 0 Å². The van der Waals surface area contributed by atoms with Crippen molar-refractivity contribution < 1.29 is 0 Å². The fraction of sp³-hybridized carbons (Fsp3) is 0.600. The Labute approximate surface area is 168 Å². The van der Waals surface area contributed by atoms with Crippen LogP contribution in [0.1, 0.15) is 92.9 Å². The van der Waals surface area contributed by atoms with Crippen molar-refractivity contribution in [3.63, 3.8) is 0 Å². The molecule has 0 fully saturated rings. The Morgan fingerprint density at radius 3 is 1.12 bits per heavy atom. The highest BCUT2D eigenvalue weighted by Crippen LogP contribution is 2.14. The Kier molecular flexibility index (Phi) is 15.6. The smallest absolute Gasteiger partial charge is 0.0406 e. The van der Waals surface area contributed by atoms with Crippen LogP contribution in [0.15, 0.2) is 58.2 Å². The summed E-state index contributed by atoms with van der Waals surface area (Å²) in [4.78, 5) is 0. The molecule has 0 aromatic rings. The van der Waals surface area contributed by atoms with Crippen molar-refractivity contribution in [1.82, 2.24) is 0 Å². The predicted octanol–water partition coefficient (Wildman–Crippen LogP) is 9.10. The highest BCUT2D eigenvalue weighted by Gasteiger charge is 1.94. The Bertz CT molecular complexity index is 522. The van der Waals surface area contributed by atoms with Gasteiger partial charge >= 0.3 is 0 Å². The maximum Gasteiger partial charge on any atom is 0.0406 e. The summed E-state index contributed by atoms with van der Waals surface area (Å²) in [6, 6.07) is 0. The first-order chi connectivity index (χ1) is 12.3. The molecule has 0 saturated carbocycles. The number of alkyl halides is 1. The molecule has 0 aliphatic rings. The first-order valence-electron chi connectivity index (χ1n) is 10.2. The average Bonchev–Trinajstić information content (AvgIpc) is 2.54. The second-order valence-electron chi connectivity index (χ2n) is 7.79. The topological polar surface area (TPSA) is 0 Å². The van der Waals surface area contributed by atoms with Crippen molar-refractivity contribution >= 4 is 11.6 Å². The molecule has 0 aromatic heterocycles. The molecule has 0 saturated heterocycles. The van der Waals surface area contributed by atoms with Crippen LogP contribution < -0.4 is 0 Å². The van der Waals surface area contributed by atoms with E-state index in [2.05, 4.69) is 71.9 Å². The molecule has 0 rings (SSSR count). The van der Waals surface area contributed by atoms with Gasteiger partial charge in [0.2, 0.25) is 0 Å². The van der Waals surface area contributed by atoms with E-state index in [9.17, 15) is 0 Å². The SMILES string of the molecule is CC(C)=CCCC(C)=CCCC(C)=CCCC(C)=CCCC(C)=CCCl. The largest absolute Gasteiger partial charge is 0.122 e. The molecule has 0 amide bonds. The lowest BCUT2D eigenvalue weighted by Crippen LogP contribution is -1.83. The highest BCUT2D eigenvalue weighted by atomic mass is 35.5. The number of hydrogen-bond donors (Lipinski definition) is 0. The summed E-state index contributed by atoms with van der Waals surface area (Å²) in [5.41, 5.74) is 7.36. The molecule has 148 valence electrons. The fourth-order valence-corrected chi connectivity index (χ4v) is 3.03. The first kappa shape index (κ1) is 25.0. The van der Waals surface area contributed by atoms with Crippen LogP contribution in [0.3, 0.4) is 0 Å². The molecule has 0 unspecified atom stereocenters. The van der Waals surface area contributed by atoms with Crippen LogP contribution in [0.4, 0.5) is 0 Å². The van der Waals surface area contributed by atoms with Gasteiger partial charge in [-0.2, -0.15) is 0 Å². The van der Waals surface area contributed by atoms with E-state index in [-0.39, 0.29) is 0 Å². The van der Waals surface area contributed by atoms with Gasteiger partial charge in [-0.05, 0) is 92.9 Å². The van der Waals surface area contributed by atoms with Gasteiger partial charge in [0, 0.05) is 5.88 Å². The van der Waals surface area contributed by atoms with Crippen LogP contribution in [0.2, 0.25) is 0 Å². The molecule has 0 spiro atoms. The van der Waals surface area contributed by atoms with Crippen LogP contribution in [-0.4, -0.2) is 5.88 Å². The molecule has 0 nitrogen and oxygen atoms in total. The van der Waals surface area contributed by atoms with Gasteiger partial charge < -0.3 is 0 Å². The molecule has 0 radical (unpaired) electrons. The molecule has 26 heavy (non-hydrogen) atoms. The van der Waals surface area contributed by atoms with Crippen molar-refractivity contribution in [2.45, 2.75) is 92.9 Å². The minimum atomic E-state index is 0.628. The summed E-state index contributed by atoms with van der Waals surface area (Å²) in [5, 5.41) is 0. The molecule has 0 N–H and O–H groups in total. The van der Waals surface area contributed by atoms with Crippen LogP contribution >= 0.6 is 11.6 Å². The predicted molar refractivity (Wildman–Crippen MR) is 122 cm³/mol. The van der Waals surface area contributed by atoms with Gasteiger partial charge in [0.05, 0.1) is 0 Å². The third kappa shape index (κ3) is 16.5. The zero-order chi connectivity index (χ0) is 19.8.